The van der Waals surface area contributed by atoms with Gasteiger partial charge in [-0.3, -0.25) is 14.9 Å². The predicted molar refractivity (Wildman–Crippen MR) is 65.7 cm³/mol. The molecule has 0 aliphatic carbocycles. The molecule has 2 heterocycles. The van der Waals surface area contributed by atoms with Crippen molar-refractivity contribution in [3.8, 4) is 5.75 Å². The number of fused-ring (bicyclic) bond motifs is 1. The van der Waals surface area contributed by atoms with Gasteiger partial charge in [0.1, 0.15) is 10.7 Å². The van der Waals surface area contributed by atoms with E-state index in [1.165, 1.54) is 0 Å². The normalized spacial score (nSPS) is 10.8. The van der Waals surface area contributed by atoms with Crippen LogP contribution in [0.5, 0.6) is 5.75 Å². The Bertz CT molecular complexity index is 743. The van der Waals surface area contributed by atoms with E-state index in [0.717, 1.165) is 0 Å². The molecule has 0 fully saturated rings. The maximum Gasteiger partial charge on any atom is 0.377 e. The van der Waals surface area contributed by atoms with Gasteiger partial charge < -0.3 is 10.1 Å². The van der Waals surface area contributed by atoms with Crippen LogP contribution < -0.4 is 5.56 Å². The summed E-state index contributed by atoms with van der Waals surface area (Å²) in [5, 5.41) is 19.8. The Morgan fingerprint density at radius 2 is 1.89 bits per heavy atom. The van der Waals surface area contributed by atoms with E-state index in [-0.39, 0.29) is 26.2 Å². The standard InChI is InChI=1S/C8H2Cl3N3O4/c9-1-2(10)7(11)12-4-3(1)13-8(16)5(6(4)15)14(17)18/h(H2,13,15,16). The lowest BCUT2D eigenvalue weighted by molar-refractivity contribution is -0.387. The summed E-state index contributed by atoms with van der Waals surface area (Å²) in [5.41, 5.74) is -2.59. The molecule has 0 unspecified atom stereocenters. The van der Waals surface area contributed by atoms with Crippen LogP contribution in [0.25, 0.3) is 11.0 Å². The molecule has 0 amide bonds. The fourth-order valence-corrected chi connectivity index (χ4v) is 1.94. The molecule has 0 aromatic carbocycles. The van der Waals surface area contributed by atoms with Crippen LogP contribution in [0.15, 0.2) is 4.79 Å². The van der Waals surface area contributed by atoms with Crippen molar-refractivity contribution in [3.63, 3.8) is 0 Å². The molecule has 2 N–H and O–H groups in total. The van der Waals surface area contributed by atoms with Crippen molar-refractivity contribution in [2.45, 2.75) is 0 Å². The zero-order valence-corrected chi connectivity index (χ0v) is 10.5. The summed E-state index contributed by atoms with van der Waals surface area (Å²) < 4.78 is 0. The van der Waals surface area contributed by atoms with E-state index in [1.807, 2.05) is 0 Å². The van der Waals surface area contributed by atoms with E-state index in [1.54, 1.807) is 0 Å². The molecule has 2 aromatic heterocycles. The van der Waals surface area contributed by atoms with Crippen LogP contribution in [0, 0.1) is 10.1 Å². The zero-order chi connectivity index (χ0) is 13.6. The quantitative estimate of drug-likeness (QED) is 0.478. The minimum Gasteiger partial charge on any atom is -0.500 e. The van der Waals surface area contributed by atoms with Crippen LogP contribution in [0.3, 0.4) is 0 Å². The Labute approximate surface area is 113 Å². The molecular formula is C8H2Cl3N3O4. The Kier molecular flexibility index (Phi) is 3.05. The highest BCUT2D eigenvalue weighted by molar-refractivity contribution is 6.49. The van der Waals surface area contributed by atoms with Crippen molar-refractivity contribution in [2.24, 2.45) is 0 Å². The first-order valence-corrected chi connectivity index (χ1v) is 5.41. The molecule has 10 heteroatoms. The third-order valence-electron chi connectivity index (χ3n) is 2.12. The second-order valence-corrected chi connectivity index (χ2v) is 4.28. The number of nitrogens with one attached hydrogen (secondary N) is 1. The topological polar surface area (TPSA) is 109 Å². The largest absolute Gasteiger partial charge is 0.500 e. The first kappa shape index (κ1) is 12.9. The summed E-state index contributed by atoms with van der Waals surface area (Å²) in [5.74, 6) is -0.917. The van der Waals surface area contributed by atoms with Gasteiger partial charge in [0.2, 0.25) is 5.75 Å². The van der Waals surface area contributed by atoms with Crippen LogP contribution in [0.4, 0.5) is 5.69 Å². The molecule has 7 nitrogen and oxygen atoms in total. The molecule has 0 saturated heterocycles. The number of aromatic hydroxyl groups is 1. The van der Waals surface area contributed by atoms with Gasteiger partial charge in [-0.05, 0) is 0 Å². The van der Waals surface area contributed by atoms with Crippen molar-refractivity contribution >= 4 is 51.5 Å². The van der Waals surface area contributed by atoms with Crippen molar-refractivity contribution in [1.82, 2.24) is 9.97 Å². The Hall–Kier alpha value is -1.57. The van der Waals surface area contributed by atoms with Crippen LogP contribution in [0.2, 0.25) is 15.2 Å². The average molecular weight is 310 g/mol. The van der Waals surface area contributed by atoms with Gasteiger partial charge in [0.05, 0.1) is 20.5 Å². The number of rotatable bonds is 1. The second-order valence-electron chi connectivity index (χ2n) is 3.16. The minimum absolute atomic E-state index is 0.126. The number of pyridine rings is 2. The Morgan fingerprint density at radius 1 is 1.28 bits per heavy atom. The smallest absolute Gasteiger partial charge is 0.377 e. The van der Waals surface area contributed by atoms with E-state index in [9.17, 15) is 20.0 Å². The van der Waals surface area contributed by atoms with Crippen LogP contribution in [0.1, 0.15) is 0 Å². The maximum absolute atomic E-state index is 11.4. The number of nitrogens with zero attached hydrogens (tertiary/aromatic N) is 2. The molecule has 18 heavy (non-hydrogen) atoms. The predicted octanol–water partition coefficient (Wildman–Crippen LogP) is 2.50. The maximum atomic E-state index is 11.4. The molecule has 0 aliphatic rings. The van der Waals surface area contributed by atoms with Gasteiger partial charge in [-0.15, -0.1) is 0 Å². The molecular weight excluding hydrogens is 308 g/mol. The molecule has 2 rings (SSSR count). The van der Waals surface area contributed by atoms with Gasteiger partial charge in [0, 0.05) is 0 Å². The highest BCUT2D eigenvalue weighted by Crippen LogP contribution is 2.38. The lowest BCUT2D eigenvalue weighted by atomic mass is 10.2. The number of hydrogen-bond donors (Lipinski definition) is 2. The number of hydrogen-bond acceptors (Lipinski definition) is 5. The highest BCUT2D eigenvalue weighted by atomic mass is 35.5. The minimum atomic E-state index is -1.12. The lowest BCUT2D eigenvalue weighted by Crippen LogP contribution is -2.12. The van der Waals surface area contributed by atoms with Crippen LogP contribution >= 0.6 is 34.8 Å². The van der Waals surface area contributed by atoms with Gasteiger partial charge in [0.25, 0.3) is 0 Å². The zero-order valence-electron chi connectivity index (χ0n) is 8.20. The Morgan fingerprint density at radius 3 is 2.44 bits per heavy atom. The first-order chi connectivity index (χ1) is 8.34. The van der Waals surface area contributed by atoms with Gasteiger partial charge in [-0.1, -0.05) is 34.8 Å². The van der Waals surface area contributed by atoms with Gasteiger partial charge in [-0.2, -0.15) is 0 Å². The van der Waals surface area contributed by atoms with Gasteiger partial charge in [0.15, 0.2) is 0 Å². The summed E-state index contributed by atoms with van der Waals surface area (Å²) >= 11 is 17.1. The van der Waals surface area contributed by atoms with E-state index in [0.29, 0.717) is 0 Å². The number of aromatic amines is 1. The fourth-order valence-electron chi connectivity index (χ4n) is 1.35. The van der Waals surface area contributed by atoms with Crippen molar-refractivity contribution in [2.75, 3.05) is 0 Å². The van der Waals surface area contributed by atoms with Gasteiger partial charge >= 0.3 is 11.2 Å². The summed E-state index contributed by atoms with van der Waals surface area (Å²) in [6, 6.07) is 0. The summed E-state index contributed by atoms with van der Waals surface area (Å²) in [6.45, 7) is 0. The van der Waals surface area contributed by atoms with Crippen molar-refractivity contribution < 1.29 is 10.0 Å². The fraction of sp³-hybridized carbons (Fsp3) is 0. The van der Waals surface area contributed by atoms with Gasteiger partial charge in [-0.25, -0.2) is 4.98 Å². The van der Waals surface area contributed by atoms with E-state index < -0.39 is 21.9 Å². The average Bonchev–Trinajstić information content (AvgIpc) is 2.28. The molecule has 0 spiro atoms. The van der Waals surface area contributed by atoms with E-state index in [4.69, 9.17) is 34.8 Å². The molecule has 0 atom stereocenters. The molecule has 0 aliphatic heterocycles. The number of halogens is 3. The molecule has 2 aromatic rings. The Balaban J connectivity index is 3.06. The molecule has 0 bridgehead atoms. The number of nitro groups is 1. The lowest BCUT2D eigenvalue weighted by Gasteiger charge is -2.05. The monoisotopic (exact) mass is 309 g/mol. The first-order valence-electron chi connectivity index (χ1n) is 4.28. The molecule has 0 radical (unpaired) electrons. The second kappa shape index (κ2) is 4.27. The third-order valence-corrected chi connectivity index (χ3v) is 3.34. The highest BCUT2D eigenvalue weighted by Gasteiger charge is 2.25. The van der Waals surface area contributed by atoms with E-state index in [2.05, 4.69) is 9.97 Å². The number of H-pyrrole nitrogens is 1. The van der Waals surface area contributed by atoms with Crippen molar-refractivity contribution in [3.05, 3.63) is 35.7 Å². The summed E-state index contributed by atoms with van der Waals surface area (Å²) in [6.07, 6.45) is 0. The third kappa shape index (κ3) is 1.76. The summed E-state index contributed by atoms with van der Waals surface area (Å²) in [4.78, 5) is 26.8. The van der Waals surface area contributed by atoms with Crippen molar-refractivity contribution in [1.29, 1.82) is 0 Å². The molecule has 94 valence electrons. The van der Waals surface area contributed by atoms with E-state index >= 15 is 0 Å². The number of aromatic nitrogens is 2. The van der Waals surface area contributed by atoms with Crippen LogP contribution in [-0.2, 0) is 0 Å². The molecule has 0 saturated carbocycles. The van der Waals surface area contributed by atoms with Crippen LogP contribution in [-0.4, -0.2) is 20.0 Å². The SMILES string of the molecule is O=c1[nH]c2c(Cl)c(Cl)c(Cl)nc2c(O)c1[N+](=O)[O-]. The summed E-state index contributed by atoms with van der Waals surface area (Å²) in [7, 11) is 0.